The van der Waals surface area contributed by atoms with E-state index in [0.717, 1.165) is 0 Å². The van der Waals surface area contributed by atoms with E-state index in [1.807, 2.05) is 76.2 Å². The van der Waals surface area contributed by atoms with Crippen LogP contribution >= 0.6 is 0 Å². The lowest BCUT2D eigenvalue weighted by Gasteiger charge is -2.24. The van der Waals surface area contributed by atoms with E-state index in [4.69, 9.17) is 41.9 Å². The van der Waals surface area contributed by atoms with E-state index < -0.39 is 11.8 Å². The molecule has 0 aliphatic carbocycles. The number of nitrogens with two attached hydrogens (primary N) is 4. The first-order valence-corrected chi connectivity index (χ1v) is 30.4. The number of H-pyrrole nitrogens is 1. The van der Waals surface area contributed by atoms with Crippen LogP contribution in [0.5, 0.6) is 0 Å². The first-order valence-electron chi connectivity index (χ1n) is 30.4. The second kappa shape index (κ2) is 29.3. The molecule has 0 saturated heterocycles. The molecule has 13 N–H and O–H groups in total. The van der Waals surface area contributed by atoms with Gasteiger partial charge in [0, 0.05) is 128 Å². The minimum absolute atomic E-state index is 0.0891. The summed E-state index contributed by atoms with van der Waals surface area (Å²) in [7, 11) is 0. The molecule has 0 atom stereocenters. The number of fused-ring (bicyclic) bond motifs is 5. The average Bonchev–Trinajstić information content (AvgIpc) is 1.71. The Hall–Kier alpha value is -9.70. The standard InChI is InChI=1S/C66H77N15O10/c1-5-88-37-76-53-15-10-47(28-43(53)33-57(76)61(82)71-23-19-67)80(48-11-16-54-44(29-48)34-58(62(83)72-24-20-68)77(54)38-89-6-2)65(86)41-9-14-51-42(27-41)32-52(75-51)66(87)81(49-12-17-55-45(30-49)35-59(63(84)73-25-21-69)78(55)39-90-7-3)50-13-18-56-46(31-50)36-60(64(85)74-26-22-70)79(56)40-91-8-4/h9-18,27-36,75H,5-8,19-26,37-40,67-70H2,1-4H3,(H,71,82)(H,72,83)(H,73,84)(H,74,85). The van der Waals surface area contributed by atoms with Crippen molar-refractivity contribution in [2.24, 2.45) is 22.9 Å². The molecule has 0 aliphatic heterocycles. The van der Waals surface area contributed by atoms with Gasteiger partial charge in [-0.25, -0.2) is 0 Å². The van der Waals surface area contributed by atoms with Crippen LogP contribution in [0, 0.1) is 0 Å². The van der Waals surface area contributed by atoms with Gasteiger partial charge in [-0.3, -0.25) is 38.6 Å². The Bertz CT molecular complexity index is 3870. The maximum atomic E-state index is 15.7. The first kappa shape index (κ1) is 64.3. The van der Waals surface area contributed by atoms with Crippen molar-refractivity contribution in [2.45, 2.75) is 54.6 Å². The molecular weight excluding hydrogens is 1160 g/mol. The zero-order valence-corrected chi connectivity index (χ0v) is 51.4. The zero-order valence-electron chi connectivity index (χ0n) is 51.4. The first-order chi connectivity index (χ1) is 44.3. The number of nitrogens with zero attached hydrogens (tertiary/aromatic N) is 6. The molecule has 25 heteroatoms. The fraction of sp³-hybridized carbons (Fsp3) is 0.303. The number of carbonyl (C=O) groups excluding carboxylic acids is 6. The molecule has 0 fully saturated rings. The Morgan fingerprint density at radius 2 is 0.692 bits per heavy atom. The Kier molecular flexibility index (Phi) is 20.7. The normalized spacial score (nSPS) is 11.6. The summed E-state index contributed by atoms with van der Waals surface area (Å²) in [6, 6.07) is 35.6. The van der Waals surface area contributed by atoms with Crippen molar-refractivity contribution < 1.29 is 47.7 Å². The average molecular weight is 1240 g/mol. The molecule has 5 heterocycles. The summed E-state index contributed by atoms with van der Waals surface area (Å²) >= 11 is 0. The van der Waals surface area contributed by atoms with E-state index in [1.54, 1.807) is 101 Å². The predicted octanol–water partition coefficient (Wildman–Crippen LogP) is 6.67. The van der Waals surface area contributed by atoms with E-state index in [0.29, 0.717) is 126 Å². The van der Waals surface area contributed by atoms with Crippen molar-refractivity contribution >= 4 is 113 Å². The third-order valence-corrected chi connectivity index (χ3v) is 15.4. The van der Waals surface area contributed by atoms with Gasteiger partial charge in [-0.2, -0.15) is 0 Å². The van der Waals surface area contributed by atoms with E-state index >= 15 is 9.59 Å². The molecule has 5 aromatic heterocycles. The highest BCUT2D eigenvalue weighted by molar-refractivity contribution is 6.16. The van der Waals surface area contributed by atoms with Crippen molar-refractivity contribution in [3.05, 3.63) is 155 Å². The van der Waals surface area contributed by atoms with Crippen molar-refractivity contribution in [1.82, 2.24) is 44.5 Å². The van der Waals surface area contributed by atoms with Crippen LogP contribution in [-0.2, 0) is 45.9 Å². The van der Waals surface area contributed by atoms with Crippen LogP contribution in [0.1, 0.15) is 90.5 Å². The fourth-order valence-corrected chi connectivity index (χ4v) is 11.1. The van der Waals surface area contributed by atoms with Crippen LogP contribution in [0.3, 0.4) is 0 Å². The molecule has 0 bridgehead atoms. The summed E-state index contributed by atoms with van der Waals surface area (Å²) in [4.78, 5) is 92.2. The predicted molar refractivity (Wildman–Crippen MR) is 351 cm³/mol. The summed E-state index contributed by atoms with van der Waals surface area (Å²) in [5, 5.41) is 14.6. The second-order valence-electron chi connectivity index (χ2n) is 21.2. The summed E-state index contributed by atoms with van der Waals surface area (Å²) in [6.45, 7) is 11.4. The molecule has 91 heavy (non-hydrogen) atoms. The van der Waals surface area contributed by atoms with Crippen LogP contribution in [-0.4, -0.2) is 137 Å². The topological polar surface area (TPSA) is 334 Å². The summed E-state index contributed by atoms with van der Waals surface area (Å²) in [5.74, 6) is -2.29. The van der Waals surface area contributed by atoms with Crippen LogP contribution in [0.4, 0.5) is 22.7 Å². The zero-order chi connectivity index (χ0) is 64.3. The lowest BCUT2D eigenvalue weighted by molar-refractivity contribution is 0.0814. The maximum absolute atomic E-state index is 15.7. The van der Waals surface area contributed by atoms with Gasteiger partial charge >= 0.3 is 0 Å². The number of rotatable bonds is 30. The Morgan fingerprint density at radius 3 is 0.989 bits per heavy atom. The molecule has 6 amide bonds. The van der Waals surface area contributed by atoms with Gasteiger partial charge in [-0.15, -0.1) is 0 Å². The number of amides is 6. The van der Waals surface area contributed by atoms with E-state index in [9.17, 15) is 19.2 Å². The van der Waals surface area contributed by atoms with E-state index in [1.165, 1.54) is 0 Å². The van der Waals surface area contributed by atoms with Crippen LogP contribution < -0.4 is 54.0 Å². The number of aromatic nitrogens is 5. The van der Waals surface area contributed by atoms with Crippen molar-refractivity contribution in [2.75, 3.05) is 88.6 Å². The van der Waals surface area contributed by atoms with E-state index in [2.05, 4.69) is 26.3 Å². The lowest BCUT2D eigenvalue weighted by atomic mass is 10.1. The highest BCUT2D eigenvalue weighted by atomic mass is 16.5. The molecule has 0 unspecified atom stereocenters. The molecule has 476 valence electrons. The molecule has 10 rings (SSSR count). The van der Waals surface area contributed by atoms with Crippen molar-refractivity contribution in [3.8, 4) is 0 Å². The van der Waals surface area contributed by atoms with Gasteiger partial charge in [-0.05, 0) is 149 Å². The Labute approximate surface area is 524 Å². The molecule has 0 saturated carbocycles. The quantitative estimate of drug-likeness (QED) is 0.0227. The lowest BCUT2D eigenvalue weighted by Crippen LogP contribution is -2.30. The molecule has 0 radical (unpaired) electrons. The summed E-state index contributed by atoms with van der Waals surface area (Å²) < 4.78 is 30.4. The van der Waals surface area contributed by atoms with Gasteiger partial charge < -0.3 is 86.4 Å². The number of carbonyl (C=O) groups is 6. The van der Waals surface area contributed by atoms with Crippen molar-refractivity contribution in [3.63, 3.8) is 0 Å². The van der Waals surface area contributed by atoms with Gasteiger partial charge in [0.05, 0.1) is 33.4 Å². The number of hydrogen-bond donors (Lipinski definition) is 9. The Balaban J connectivity index is 1.09. The molecule has 10 aromatic rings. The van der Waals surface area contributed by atoms with Gasteiger partial charge in [0.1, 0.15) is 55.4 Å². The van der Waals surface area contributed by atoms with E-state index in [-0.39, 0.29) is 114 Å². The monoisotopic (exact) mass is 1240 g/mol. The highest BCUT2D eigenvalue weighted by Gasteiger charge is 2.29. The van der Waals surface area contributed by atoms with Crippen LogP contribution in [0.15, 0.2) is 121 Å². The molecular formula is C66H77N15O10. The summed E-state index contributed by atoms with van der Waals surface area (Å²) in [6.07, 6.45) is 0. The van der Waals surface area contributed by atoms with Crippen molar-refractivity contribution in [1.29, 1.82) is 0 Å². The number of nitrogens with one attached hydrogen (secondary N) is 5. The molecule has 0 spiro atoms. The SMILES string of the molecule is CCOCn1c(C(=O)NCCN)cc2cc(N(C(=O)c3ccc4[nH]c(C(=O)N(c5ccc6c(c5)cc(C(=O)NCCN)n6COCC)c5ccc6c(c5)cc(C(=O)NCCN)n6COCC)cc4c3)c3ccc4c(c3)cc(C(=O)NCCN)n4COCC)ccc21. The van der Waals surface area contributed by atoms with Gasteiger partial charge in [0.25, 0.3) is 35.4 Å². The largest absolute Gasteiger partial charge is 0.361 e. The van der Waals surface area contributed by atoms with Crippen LogP contribution in [0.2, 0.25) is 0 Å². The molecule has 5 aromatic carbocycles. The highest BCUT2D eigenvalue weighted by Crippen LogP contribution is 2.38. The minimum atomic E-state index is -0.477. The maximum Gasteiger partial charge on any atom is 0.279 e. The number of anilines is 4. The number of benzene rings is 5. The summed E-state index contributed by atoms with van der Waals surface area (Å²) in [5.41, 5.74) is 29.9. The third-order valence-electron chi connectivity index (χ3n) is 15.4. The smallest absolute Gasteiger partial charge is 0.279 e. The number of aromatic amines is 1. The van der Waals surface area contributed by atoms with Crippen LogP contribution in [0.25, 0.3) is 54.5 Å². The number of hydrogen-bond acceptors (Lipinski definition) is 14. The molecule has 0 aliphatic rings. The third kappa shape index (κ3) is 13.5. The van der Waals surface area contributed by atoms with Gasteiger partial charge in [0.15, 0.2) is 0 Å². The molecule has 25 nitrogen and oxygen atoms in total. The Morgan fingerprint density at radius 1 is 0.385 bits per heavy atom. The second-order valence-corrected chi connectivity index (χ2v) is 21.2. The fourth-order valence-electron chi connectivity index (χ4n) is 11.1. The van der Waals surface area contributed by atoms with Gasteiger partial charge in [0.2, 0.25) is 0 Å². The minimum Gasteiger partial charge on any atom is -0.361 e. The number of ether oxygens (including phenoxy) is 4. The van der Waals surface area contributed by atoms with Gasteiger partial charge in [-0.1, -0.05) is 0 Å².